The van der Waals surface area contributed by atoms with Crippen molar-refractivity contribution in [2.24, 2.45) is 0 Å². The molecule has 0 aliphatic carbocycles. The lowest BCUT2D eigenvalue weighted by Crippen LogP contribution is -2.45. The van der Waals surface area contributed by atoms with Crippen LogP contribution in [0.4, 0.5) is 10.1 Å². The Bertz CT molecular complexity index is 1020. The van der Waals surface area contributed by atoms with E-state index in [2.05, 4.69) is 21.9 Å². The summed E-state index contributed by atoms with van der Waals surface area (Å²) in [7, 11) is -4.03. The number of nitrogens with one attached hydrogen (secondary N) is 2. The van der Waals surface area contributed by atoms with Gasteiger partial charge in [0.05, 0.1) is 10.6 Å². The first kappa shape index (κ1) is 23.2. The molecule has 0 spiro atoms. The number of carbonyl (C=O) groups excluding carboxylic acids is 1. The summed E-state index contributed by atoms with van der Waals surface area (Å²) in [5.74, 6) is -0.950. The lowest BCUT2D eigenvalue weighted by atomic mass is 10.0. The third-order valence-corrected chi connectivity index (χ3v) is 7.00. The number of amides is 1. The van der Waals surface area contributed by atoms with Gasteiger partial charge in [-0.1, -0.05) is 31.5 Å². The number of nitrogens with zero attached hydrogens (tertiary/aromatic N) is 1. The van der Waals surface area contributed by atoms with Crippen molar-refractivity contribution in [3.05, 3.63) is 59.4 Å². The predicted octanol–water partition coefficient (Wildman–Crippen LogP) is 3.93. The zero-order valence-electron chi connectivity index (χ0n) is 18.0. The molecule has 1 aliphatic rings. The normalized spacial score (nSPS) is 15.6. The lowest BCUT2D eigenvalue weighted by molar-refractivity contribution is 0.0910. The van der Waals surface area contributed by atoms with Crippen LogP contribution in [0.3, 0.4) is 0 Å². The second-order valence-corrected chi connectivity index (χ2v) is 9.69. The largest absolute Gasteiger partial charge is 0.349 e. The van der Waals surface area contributed by atoms with Gasteiger partial charge in [0.1, 0.15) is 5.82 Å². The standard InChI is InChI=1S/C23H30FN3O3S/c1-3-4-13-27-14-11-18(12-15-27)25-23(28)20-16-19(10-9-17(20)2)31(29,30)26-22-8-6-5-7-21(22)24/h5-10,16,18,26H,3-4,11-15H2,1-2H3,(H,25,28). The van der Waals surface area contributed by atoms with Gasteiger partial charge in [0.15, 0.2) is 0 Å². The van der Waals surface area contributed by atoms with Gasteiger partial charge in [-0.3, -0.25) is 9.52 Å². The number of carbonyl (C=O) groups is 1. The van der Waals surface area contributed by atoms with Crippen LogP contribution in [0.25, 0.3) is 0 Å². The first-order chi connectivity index (χ1) is 14.8. The first-order valence-electron chi connectivity index (χ1n) is 10.7. The number of likely N-dealkylation sites (tertiary alicyclic amines) is 1. The molecule has 0 unspecified atom stereocenters. The summed E-state index contributed by atoms with van der Waals surface area (Å²) in [6.07, 6.45) is 4.10. The number of halogens is 1. The van der Waals surface area contributed by atoms with Gasteiger partial charge in [-0.15, -0.1) is 0 Å². The van der Waals surface area contributed by atoms with Crippen LogP contribution in [0.5, 0.6) is 0 Å². The molecule has 0 saturated carbocycles. The van der Waals surface area contributed by atoms with Gasteiger partial charge in [0.25, 0.3) is 15.9 Å². The van der Waals surface area contributed by atoms with Crippen LogP contribution in [0, 0.1) is 12.7 Å². The second-order valence-electron chi connectivity index (χ2n) is 8.01. The Labute approximate surface area is 183 Å². The first-order valence-corrected chi connectivity index (χ1v) is 12.2. The van der Waals surface area contributed by atoms with Crippen LogP contribution in [-0.4, -0.2) is 44.9 Å². The number of unbranched alkanes of at least 4 members (excludes halogenated alkanes) is 1. The third-order valence-electron chi connectivity index (χ3n) is 5.63. The van der Waals surface area contributed by atoms with Crippen molar-refractivity contribution in [1.29, 1.82) is 0 Å². The maximum absolute atomic E-state index is 13.9. The van der Waals surface area contributed by atoms with Gasteiger partial charge in [0, 0.05) is 24.7 Å². The SMILES string of the molecule is CCCCN1CCC(NC(=O)c2cc(S(=O)(=O)Nc3ccccc3F)ccc2C)CC1. The Kier molecular flexibility index (Phi) is 7.67. The second kappa shape index (κ2) is 10.2. The van der Waals surface area contributed by atoms with E-state index in [-0.39, 0.29) is 22.5 Å². The zero-order chi connectivity index (χ0) is 22.4. The summed E-state index contributed by atoms with van der Waals surface area (Å²) >= 11 is 0. The number of anilines is 1. The van der Waals surface area contributed by atoms with E-state index in [4.69, 9.17) is 0 Å². The zero-order valence-corrected chi connectivity index (χ0v) is 18.8. The van der Waals surface area contributed by atoms with E-state index in [0.29, 0.717) is 11.1 Å². The number of sulfonamides is 1. The topological polar surface area (TPSA) is 78.5 Å². The van der Waals surface area contributed by atoms with Crippen molar-refractivity contribution in [3.63, 3.8) is 0 Å². The van der Waals surface area contributed by atoms with Gasteiger partial charge in [-0.25, -0.2) is 12.8 Å². The fraction of sp³-hybridized carbons (Fsp3) is 0.435. The van der Waals surface area contributed by atoms with Crippen LogP contribution in [0.1, 0.15) is 48.5 Å². The number of aryl methyl sites for hydroxylation is 1. The van der Waals surface area contributed by atoms with Crippen LogP contribution in [-0.2, 0) is 10.0 Å². The molecule has 0 atom stereocenters. The summed E-state index contributed by atoms with van der Waals surface area (Å²) in [6.45, 7) is 6.93. The fourth-order valence-electron chi connectivity index (χ4n) is 3.71. The molecule has 1 amide bonds. The highest BCUT2D eigenvalue weighted by atomic mass is 32.2. The molecule has 0 bridgehead atoms. The van der Waals surface area contributed by atoms with E-state index < -0.39 is 15.8 Å². The Morgan fingerprint density at radius 1 is 1.16 bits per heavy atom. The number of rotatable bonds is 8. The monoisotopic (exact) mass is 447 g/mol. The van der Waals surface area contributed by atoms with Crippen molar-refractivity contribution in [1.82, 2.24) is 10.2 Å². The molecular formula is C23H30FN3O3S. The minimum absolute atomic E-state index is 0.0709. The molecule has 2 aromatic rings. The minimum Gasteiger partial charge on any atom is -0.349 e. The van der Waals surface area contributed by atoms with Crippen molar-refractivity contribution in [3.8, 4) is 0 Å². The van der Waals surface area contributed by atoms with E-state index >= 15 is 0 Å². The molecule has 0 aromatic heterocycles. The smallest absolute Gasteiger partial charge is 0.262 e. The number of benzene rings is 2. The minimum atomic E-state index is -4.03. The Morgan fingerprint density at radius 3 is 2.55 bits per heavy atom. The van der Waals surface area contributed by atoms with E-state index in [1.54, 1.807) is 19.1 Å². The molecule has 8 heteroatoms. The van der Waals surface area contributed by atoms with Crippen LogP contribution in [0.15, 0.2) is 47.4 Å². The molecule has 2 N–H and O–H groups in total. The molecule has 6 nitrogen and oxygen atoms in total. The molecular weight excluding hydrogens is 417 g/mol. The van der Waals surface area contributed by atoms with Gasteiger partial charge in [0.2, 0.25) is 0 Å². The average molecular weight is 448 g/mol. The Balaban J connectivity index is 1.69. The van der Waals surface area contributed by atoms with Gasteiger partial charge in [-0.2, -0.15) is 0 Å². The molecule has 3 rings (SSSR count). The maximum Gasteiger partial charge on any atom is 0.262 e. The maximum atomic E-state index is 13.9. The average Bonchev–Trinajstić information content (AvgIpc) is 2.75. The van der Waals surface area contributed by atoms with Crippen molar-refractivity contribution in [2.75, 3.05) is 24.4 Å². The lowest BCUT2D eigenvalue weighted by Gasteiger charge is -2.32. The summed E-state index contributed by atoms with van der Waals surface area (Å²) in [5, 5.41) is 3.05. The van der Waals surface area contributed by atoms with Crippen LogP contribution >= 0.6 is 0 Å². The van der Waals surface area contributed by atoms with E-state index in [0.717, 1.165) is 32.5 Å². The number of hydrogen-bond donors (Lipinski definition) is 2. The molecule has 2 aromatic carbocycles. The molecule has 168 valence electrons. The highest BCUT2D eigenvalue weighted by Gasteiger charge is 2.23. The Morgan fingerprint density at radius 2 is 1.87 bits per heavy atom. The molecule has 1 fully saturated rings. The molecule has 31 heavy (non-hydrogen) atoms. The highest BCUT2D eigenvalue weighted by Crippen LogP contribution is 2.21. The third kappa shape index (κ3) is 6.04. The van der Waals surface area contributed by atoms with Crippen LogP contribution in [0.2, 0.25) is 0 Å². The van der Waals surface area contributed by atoms with E-state index in [1.807, 2.05) is 0 Å². The highest BCUT2D eigenvalue weighted by molar-refractivity contribution is 7.92. The molecule has 1 aliphatic heterocycles. The quantitative estimate of drug-likeness (QED) is 0.643. The molecule has 0 radical (unpaired) electrons. The summed E-state index contributed by atoms with van der Waals surface area (Å²) in [6, 6.07) is 9.99. The summed E-state index contributed by atoms with van der Waals surface area (Å²) < 4.78 is 41.6. The fourth-order valence-corrected chi connectivity index (χ4v) is 4.80. The number of hydrogen-bond acceptors (Lipinski definition) is 4. The van der Waals surface area contributed by atoms with Crippen molar-refractivity contribution < 1.29 is 17.6 Å². The van der Waals surface area contributed by atoms with Gasteiger partial charge >= 0.3 is 0 Å². The van der Waals surface area contributed by atoms with Gasteiger partial charge < -0.3 is 10.2 Å². The van der Waals surface area contributed by atoms with E-state index in [1.165, 1.54) is 43.2 Å². The van der Waals surface area contributed by atoms with E-state index in [9.17, 15) is 17.6 Å². The van der Waals surface area contributed by atoms with Crippen LogP contribution < -0.4 is 10.0 Å². The molecule has 1 heterocycles. The number of piperidine rings is 1. The predicted molar refractivity (Wildman–Crippen MR) is 120 cm³/mol. The molecule has 1 saturated heterocycles. The summed E-state index contributed by atoms with van der Waals surface area (Å²) in [5.41, 5.74) is 0.858. The number of para-hydroxylation sites is 1. The van der Waals surface area contributed by atoms with Gasteiger partial charge in [-0.05, 0) is 62.6 Å². The Hall–Kier alpha value is -2.45. The van der Waals surface area contributed by atoms with Crippen molar-refractivity contribution >= 4 is 21.6 Å². The summed E-state index contributed by atoms with van der Waals surface area (Å²) in [4.78, 5) is 15.2. The van der Waals surface area contributed by atoms with Crippen molar-refractivity contribution in [2.45, 2.75) is 50.5 Å².